The van der Waals surface area contributed by atoms with Gasteiger partial charge in [-0.3, -0.25) is 0 Å². The second-order valence-corrected chi connectivity index (χ2v) is 3.06. The highest BCUT2D eigenvalue weighted by Crippen LogP contribution is 2.28. The van der Waals surface area contributed by atoms with Crippen molar-refractivity contribution in [2.45, 2.75) is 25.9 Å². The molecule has 0 heterocycles. The van der Waals surface area contributed by atoms with E-state index in [4.69, 9.17) is 0 Å². The van der Waals surface area contributed by atoms with Crippen LogP contribution in [0.5, 0.6) is 0 Å². The zero-order valence-electron chi connectivity index (χ0n) is 7.27. The van der Waals surface area contributed by atoms with E-state index < -0.39 is 5.67 Å². The molecule has 2 heteroatoms. The number of hydrogen-bond acceptors (Lipinski definition) is 0. The Morgan fingerprint density at radius 3 is 2.17 bits per heavy atom. The van der Waals surface area contributed by atoms with Crippen LogP contribution in [0.1, 0.15) is 25.8 Å². The molecular weight excluding hydrogens is 158 g/mol. The molecule has 0 saturated carbocycles. The van der Waals surface area contributed by atoms with Gasteiger partial charge in [0.25, 0.3) is 0 Å². The van der Waals surface area contributed by atoms with Crippen molar-refractivity contribution in [3.8, 4) is 0 Å². The van der Waals surface area contributed by atoms with Gasteiger partial charge in [0, 0.05) is 0 Å². The molecule has 1 rings (SSSR count). The quantitative estimate of drug-likeness (QED) is 0.638. The van der Waals surface area contributed by atoms with Crippen LogP contribution in [0.3, 0.4) is 0 Å². The lowest BCUT2D eigenvalue weighted by atomic mass is 9.95. The summed E-state index contributed by atoms with van der Waals surface area (Å²) in [5, 5.41) is 0. The summed E-state index contributed by atoms with van der Waals surface area (Å²) in [6, 6.07) is 5.53. The van der Waals surface area contributed by atoms with Crippen LogP contribution in [0.2, 0.25) is 0 Å². The largest absolute Gasteiger partial charge is 0.239 e. The molecule has 0 nitrogen and oxygen atoms in total. The average molecular weight is 170 g/mol. The fraction of sp³-hybridized carbons (Fsp3) is 0.400. The number of benzene rings is 1. The lowest BCUT2D eigenvalue weighted by molar-refractivity contribution is 0.185. The van der Waals surface area contributed by atoms with Crippen molar-refractivity contribution in [2.24, 2.45) is 0 Å². The molecular formula is C10H12F2. The summed E-state index contributed by atoms with van der Waals surface area (Å²) in [6.45, 7) is 3.27. The highest BCUT2D eigenvalue weighted by atomic mass is 19.1. The zero-order valence-corrected chi connectivity index (χ0v) is 7.27. The molecule has 0 fully saturated rings. The van der Waals surface area contributed by atoms with Gasteiger partial charge in [0.1, 0.15) is 11.5 Å². The van der Waals surface area contributed by atoms with Crippen LogP contribution in [0.15, 0.2) is 24.3 Å². The Kier molecular flexibility index (Phi) is 2.46. The summed E-state index contributed by atoms with van der Waals surface area (Å²) >= 11 is 0. The Morgan fingerprint density at radius 2 is 1.75 bits per heavy atom. The van der Waals surface area contributed by atoms with E-state index in [2.05, 4.69) is 0 Å². The van der Waals surface area contributed by atoms with Gasteiger partial charge < -0.3 is 0 Å². The van der Waals surface area contributed by atoms with Crippen LogP contribution in [-0.4, -0.2) is 0 Å². The van der Waals surface area contributed by atoms with E-state index in [0.29, 0.717) is 12.0 Å². The highest BCUT2D eigenvalue weighted by molar-refractivity contribution is 5.22. The fourth-order valence-electron chi connectivity index (χ4n) is 1.00. The van der Waals surface area contributed by atoms with E-state index in [-0.39, 0.29) is 5.82 Å². The minimum absolute atomic E-state index is 0.328. The molecule has 0 bridgehead atoms. The van der Waals surface area contributed by atoms with Gasteiger partial charge in [-0.15, -0.1) is 0 Å². The fourth-order valence-corrected chi connectivity index (χ4v) is 1.00. The molecule has 0 amide bonds. The monoisotopic (exact) mass is 170 g/mol. The van der Waals surface area contributed by atoms with Crippen molar-refractivity contribution >= 4 is 0 Å². The number of halogens is 2. The van der Waals surface area contributed by atoms with E-state index >= 15 is 0 Å². The Hall–Kier alpha value is -0.920. The lowest BCUT2D eigenvalue weighted by Crippen LogP contribution is -2.12. The highest BCUT2D eigenvalue weighted by Gasteiger charge is 2.22. The van der Waals surface area contributed by atoms with Crippen LogP contribution in [0, 0.1) is 5.82 Å². The lowest BCUT2D eigenvalue weighted by Gasteiger charge is -2.18. The maximum atomic E-state index is 13.6. The second kappa shape index (κ2) is 3.21. The number of rotatable bonds is 2. The Morgan fingerprint density at radius 1 is 1.25 bits per heavy atom. The molecule has 12 heavy (non-hydrogen) atoms. The van der Waals surface area contributed by atoms with E-state index in [1.807, 2.05) is 0 Å². The van der Waals surface area contributed by atoms with Crippen LogP contribution < -0.4 is 0 Å². The normalized spacial score (nSPS) is 15.7. The Labute approximate surface area is 71.2 Å². The van der Waals surface area contributed by atoms with E-state index in [1.54, 1.807) is 6.92 Å². The minimum atomic E-state index is -1.34. The average Bonchev–Trinajstić information content (AvgIpc) is 2.05. The topological polar surface area (TPSA) is 0 Å². The van der Waals surface area contributed by atoms with Crippen LogP contribution in [0.25, 0.3) is 0 Å². The first-order chi connectivity index (χ1) is 5.56. The second-order valence-electron chi connectivity index (χ2n) is 3.06. The van der Waals surface area contributed by atoms with Crippen molar-refractivity contribution in [1.82, 2.24) is 0 Å². The zero-order chi connectivity index (χ0) is 9.19. The molecule has 0 aliphatic carbocycles. The van der Waals surface area contributed by atoms with Crippen LogP contribution in [0.4, 0.5) is 8.78 Å². The SMILES string of the molecule is CCC(C)(F)c1ccc(F)cc1. The van der Waals surface area contributed by atoms with Gasteiger partial charge in [0.2, 0.25) is 0 Å². The smallest absolute Gasteiger partial charge is 0.133 e. The van der Waals surface area contributed by atoms with Gasteiger partial charge >= 0.3 is 0 Å². The maximum Gasteiger partial charge on any atom is 0.133 e. The van der Waals surface area contributed by atoms with Gasteiger partial charge in [0.05, 0.1) is 0 Å². The first-order valence-electron chi connectivity index (χ1n) is 4.01. The molecule has 1 aromatic carbocycles. The molecule has 1 atom stereocenters. The third-order valence-corrected chi connectivity index (χ3v) is 2.11. The standard InChI is InChI=1S/C10H12F2/c1-3-10(2,12)8-4-6-9(11)7-5-8/h4-7H,3H2,1-2H3. The van der Waals surface area contributed by atoms with Gasteiger partial charge in [-0.2, -0.15) is 0 Å². The maximum absolute atomic E-state index is 13.6. The summed E-state index contributed by atoms with van der Waals surface area (Å²) in [4.78, 5) is 0. The molecule has 0 aliphatic rings. The van der Waals surface area contributed by atoms with Gasteiger partial charge in [-0.25, -0.2) is 8.78 Å². The van der Waals surface area contributed by atoms with Crippen molar-refractivity contribution < 1.29 is 8.78 Å². The molecule has 0 spiro atoms. The van der Waals surface area contributed by atoms with Gasteiger partial charge in [-0.05, 0) is 31.0 Å². The van der Waals surface area contributed by atoms with Crippen molar-refractivity contribution in [1.29, 1.82) is 0 Å². The molecule has 66 valence electrons. The minimum Gasteiger partial charge on any atom is -0.239 e. The molecule has 0 saturated heterocycles. The summed E-state index contributed by atoms with van der Waals surface area (Å²) in [5.41, 5.74) is -0.806. The molecule has 0 aliphatic heterocycles. The summed E-state index contributed by atoms with van der Waals surface area (Å²) in [6.07, 6.45) is 0.401. The van der Waals surface area contributed by atoms with E-state index in [9.17, 15) is 8.78 Å². The van der Waals surface area contributed by atoms with Crippen LogP contribution >= 0.6 is 0 Å². The first kappa shape index (κ1) is 9.17. The van der Waals surface area contributed by atoms with E-state index in [1.165, 1.54) is 31.2 Å². The first-order valence-corrected chi connectivity index (χ1v) is 4.01. The van der Waals surface area contributed by atoms with Crippen molar-refractivity contribution in [3.05, 3.63) is 35.6 Å². The molecule has 1 aromatic rings. The Bertz CT molecular complexity index is 249. The Balaban J connectivity index is 2.96. The summed E-state index contributed by atoms with van der Waals surface area (Å²) in [7, 11) is 0. The van der Waals surface area contributed by atoms with Crippen molar-refractivity contribution in [3.63, 3.8) is 0 Å². The third-order valence-electron chi connectivity index (χ3n) is 2.11. The predicted octanol–water partition coefficient (Wildman–Crippen LogP) is 3.42. The summed E-state index contributed by atoms with van der Waals surface area (Å²) < 4.78 is 26.0. The molecule has 0 aromatic heterocycles. The van der Waals surface area contributed by atoms with E-state index in [0.717, 1.165) is 0 Å². The molecule has 0 N–H and O–H groups in total. The van der Waals surface area contributed by atoms with Crippen molar-refractivity contribution in [2.75, 3.05) is 0 Å². The van der Waals surface area contributed by atoms with Gasteiger partial charge in [0.15, 0.2) is 0 Å². The predicted molar refractivity (Wildman–Crippen MR) is 45.2 cm³/mol. The number of alkyl halides is 1. The molecule has 0 radical (unpaired) electrons. The van der Waals surface area contributed by atoms with Crippen LogP contribution in [-0.2, 0) is 5.67 Å². The number of hydrogen-bond donors (Lipinski definition) is 0. The molecule has 1 unspecified atom stereocenters. The third kappa shape index (κ3) is 1.81. The van der Waals surface area contributed by atoms with Gasteiger partial charge in [-0.1, -0.05) is 19.1 Å². The summed E-state index contributed by atoms with van der Waals surface area (Å²) in [5.74, 6) is -0.328.